The van der Waals surface area contributed by atoms with Gasteiger partial charge < -0.3 is 14.6 Å². The van der Waals surface area contributed by atoms with Gasteiger partial charge in [0.1, 0.15) is 0 Å². The normalized spacial score (nSPS) is 55.0. The molecular weight excluding hydrogens is 244 g/mol. The first-order valence-electron chi connectivity index (χ1n) is 7.62. The number of fused-ring (bicyclic) bond motifs is 2. The predicted octanol–water partition coefficient (Wildman–Crippen LogP) is 2.21. The van der Waals surface area contributed by atoms with Crippen molar-refractivity contribution in [2.75, 3.05) is 0 Å². The second-order valence-electron chi connectivity index (χ2n) is 7.13. The molecule has 19 heavy (non-hydrogen) atoms. The number of hydrogen-bond acceptors (Lipinski definition) is 3. The van der Waals surface area contributed by atoms with Crippen LogP contribution in [0.5, 0.6) is 0 Å². The third-order valence-electron chi connectivity index (χ3n) is 5.97. The average molecular weight is 266 g/mol. The highest BCUT2D eigenvalue weighted by Gasteiger charge is 2.59. The summed E-state index contributed by atoms with van der Waals surface area (Å²) in [4.78, 5) is 11.7. The highest BCUT2D eigenvalue weighted by molar-refractivity contribution is 5.75. The zero-order chi connectivity index (χ0) is 13.2. The van der Waals surface area contributed by atoms with Crippen LogP contribution in [-0.4, -0.2) is 35.5 Å². The third-order valence-corrected chi connectivity index (χ3v) is 5.97. The van der Waals surface area contributed by atoms with Gasteiger partial charge >= 0.3 is 5.97 Å². The summed E-state index contributed by atoms with van der Waals surface area (Å²) in [5.41, 5.74) is -0.584. The van der Waals surface area contributed by atoms with Crippen LogP contribution in [0.4, 0.5) is 0 Å². The molecule has 4 fully saturated rings. The van der Waals surface area contributed by atoms with E-state index >= 15 is 0 Å². The van der Waals surface area contributed by atoms with Crippen molar-refractivity contribution in [2.24, 2.45) is 17.3 Å². The van der Waals surface area contributed by atoms with Gasteiger partial charge in [0, 0.05) is 5.92 Å². The topological polar surface area (TPSA) is 62.4 Å². The molecule has 0 aromatic carbocycles. The van der Waals surface area contributed by atoms with Crippen LogP contribution in [0, 0.1) is 17.3 Å². The fourth-order valence-corrected chi connectivity index (χ4v) is 4.45. The van der Waals surface area contributed by atoms with Gasteiger partial charge in [0.05, 0.1) is 29.8 Å². The Morgan fingerprint density at radius 3 is 2.79 bits per heavy atom. The lowest BCUT2D eigenvalue weighted by molar-refractivity contribution is -0.153. The zero-order valence-corrected chi connectivity index (χ0v) is 11.4. The number of hydrogen-bond donors (Lipinski definition) is 1. The molecule has 4 nitrogen and oxygen atoms in total. The van der Waals surface area contributed by atoms with Crippen LogP contribution < -0.4 is 0 Å². The van der Waals surface area contributed by atoms with Crippen LogP contribution in [-0.2, 0) is 14.3 Å². The van der Waals surface area contributed by atoms with Gasteiger partial charge in [0.25, 0.3) is 0 Å². The molecule has 4 heteroatoms. The number of carboxylic acids is 1. The first kappa shape index (κ1) is 12.2. The largest absolute Gasteiger partial charge is 0.481 e. The number of carbonyl (C=O) groups is 1. The van der Waals surface area contributed by atoms with Gasteiger partial charge in [0.15, 0.2) is 0 Å². The van der Waals surface area contributed by atoms with Crippen molar-refractivity contribution in [1.82, 2.24) is 0 Å². The maximum Gasteiger partial charge on any atom is 0.309 e. The molecule has 4 aliphatic rings. The lowest BCUT2D eigenvalue weighted by atomic mass is 9.63. The van der Waals surface area contributed by atoms with Gasteiger partial charge in [0.2, 0.25) is 0 Å². The Hall–Kier alpha value is -0.610. The molecule has 7 atom stereocenters. The molecule has 0 aromatic rings. The highest BCUT2D eigenvalue weighted by Crippen LogP contribution is 2.54. The molecule has 1 N–H and O–H groups in total. The van der Waals surface area contributed by atoms with Crippen LogP contribution in [0.2, 0.25) is 0 Å². The molecule has 0 bridgehead atoms. The minimum atomic E-state index is -0.636. The summed E-state index contributed by atoms with van der Waals surface area (Å²) in [7, 11) is 0. The molecule has 4 rings (SSSR count). The maximum absolute atomic E-state index is 11.7. The smallest absolute Gasteiger partial charge is 0.309 e. The summed E-state index contributed by atoms with van der Waals surface area (Å²) in [6, 6.07) is 0. The Morgan fingerprint density at radius 1 is 1.21 bits per heavy atom. The Bertz CT molecular complexity index is 409. The van der Waals surface area contributed by atoms with Crippen molar-refractivity contribution in [1.29, 1.82) is 0 Å². The highest BCUT2D eigenvalue weighted by atomic mass is 16.6. The molecule has 2 saturated carbocycles. The quantitative estimate of drug-likeness (QED) is 0.796. The second kappa shape index (κ2) is 3.95. The first-order chi connectivity index (χ1) is 9.08. The standard InChI is InChI=1S/C15H22O4/c1-15(14(16)17)5-4-11-13(19-11)9(15)6-8-2-3-10-12(7-8)18-10/h8-13H,2-7H2,1H3,(H,16,17). The average Bonchev–Trinajstić information content (AvgIpc) is 3.24. The van der Waals surface area contributed by atoms with E-state index in [2.05, 4.69) is 0 Å². The Morgan fingerprint density at radius 2 is 2.05 bits per heavy atom. The van der Waals surface area contributed by atoms with E-state index in [1.54, 1.807) is 0 Å². The van der Waals surface area contributed by atoms with Crippen molar-refractivity contribution >= 4 is 5.97 Å². The second-order valence-corrected chi connectivity index (χ2v) is 7.13. The summed E-state index contributed by atoms with van der Waals surface area (Å²) in [6.07, 6.45) is 7.77. The van der Waals surface area contributed by atoms with E-state index in [-0.39, 0.29) is 12.0 Å². The number of aliphatic carboxylic acids is 1. The van der Waals surface area contributed by atoms with Gasteiger partial charge in [-0.3, -0.25) is 4.79 Å². The van der Waals surface area contributed by atoms with Gasteiger partial charge in [-0.2, -0.15) is 0 Å². The van der Waals surface area contributed by atoms with Crippen LogP contribution in [0.15, 0.2) is 0 Å². The van der Waals surface area contributed by atoms with E-state index in [0.717, 1.165) is 25.7 Å². The molecule has 2 aliphatic carbocycles. The van der Waals surface area contributed by atoms with E-state index in [1.807, 2.05) is 6.92 Å². The van der Waals surface area contributed by atoms with Crippen molar-refractivity contribution in [2.45, 2.75) is 69.9 Å². The summed E-state index contributed by atoms with van der Waals surface area (Å²) in [5, 5.41) is 9.61. The van der Waals surface area contributed by atoms with Crippen LogP contribution in [0.3, 0.4) is 0 Å². The molecule has 0 amide bonds. The Kier molecular flexibility index (Phi) is 2.53. The molecule has 2 aliphatic heterocycles. The van der Waals surface area contributed by atoms with Crippen molar-refractivity contribution in [3.63, 3.8) is 0 Å². The minimum Gasteiger partial charge on any atom is -0.481 e. The first-order valence-corrected chi connectivity index (χ1v) is 7.62. The molecule has 106 valence electrons. The van der Waals surface area contributed by atoms with E-state index in [1.165, 1.54) is 12.8 Å². The van der Waals surface area contributed by atoms with Crippen molar-refractivity contribution in [3.8, 4) is 0 Å². The monoisotopic (exact) mass is 266 g/mol. The molecule has 2 saturated heterocycles. The van der Waals surface area contributed by atoms with Gasteiger partial charge in [-0.15, -0.1) is 0 Å². The number of carboxylic acid groups (broad SMARTS) is 1. The number of rotatable bonds is 3. The molecular formula is C15H22O4. The van der Waals surface area contributed by atoms with Gasteiger partial charge in [-0.25, -0.2) is 0 Å². The number of ether oxygens (including phenoxy) is 2. The lowest BCUT2D eigenvalue weighted by Crippen LogP contribution is -2.43. The fourth-order valence-electron chi connectivity index (χ4n) is 4.45. The van der Waals surface area contributed by atoms with Gasteiger partial charge in [-0.05, 0) is 51.4 Å². The summed E-state index contributed by atoms with van der Waals surface area (Å²) in [5.74, 6) is 0.197. The van der Waals surface area contributed by atoms with E-state index < -0.39 is 11.4 Å². The molecule has 0 spiro atoms. The van der Waals surface area contributed by atoms with E-state index in [9.17, 15) is 9.90 Å². The summed E-state index contributed by atoms with van der Waals surface area (Å²) >= 11 is 0. The minimum absolute atomic E-state index is 0.198. The van der Waals surface area contributed by atoms with Crippen LogP contribution in [0.1, 0.15) is 45.4 Å². The molecule has 2 heterocycles. The molecule has 7 unspecified atom stereocenters. The molecule has 0 aromatic heterocycles. The molecule has 0 radical (unpaired) electrons. The fraction of sp³-hybridized carbons (Fsp3) is 0.933. The van der Waals surface area contributed by atoms with E-state index in [0.29, 0.717) is 24.2 Å². The van der Waals surface area contributed by atoms with Crippen molar-refractivity contribution < 1.29 is 19.4 Å². The maximum atomic E-state index is 11.7. The zero-order valence-electron chi connectivity index (χ0n) is 11.4. The Balaban J connectivity index is 1.48. The number of epoxide rings is 2. The third kappa shape index (κ3) is 1.91. The predicted molar refractivity (Wildman–Crippen MR) is 67.7 cm³/mol. The van der Waals surface area contributed by atoms with Gasteiger partial charge in [-0.1, -0.05) is 0 Å². The summed E-state index contributed by atoms with van der Waals surface area (Å²) in [6.45, 7) is 1.93. The SMILES string of the molecule is CC1(C(=O)O)CCC2OC2C1CC1CCC2OC2C1. The Labute approximate surface area is 113 Å². The summed E-state index contributed by atoms with van der Waals surface area (Å²) < 4.78 is 11.3. The van der Waals surface area contributed by atoms with Crippen molar-refractivity contribution in [3.05, 3.63) is 0 Å². The lowest BCUT2D eigenvalue weighted by Gasteiger charge is -2.38. The van der Waals surface area contributed by atoms with Crippen LogP contribution in [0.25, 0.3) is 0 Å². The van der Waals surface area contributed by atoms with Crippen LogP contribution >= 0.6 is 0 Å². The van der Waals surface area contributed by atoms with E-state index in [4.69, 9.17) is 9.47 Å².